The summed E-state index contributed by atoms with van der Waals surface area (Å²) in [6.07, 6.45) is 1.04. The first-order chi connectivity index (χ1) is 10.9. The van der Waals surface area contributed by atoms with Gasteiger partial charge in [0.1, 0.15) is 6.54 Å². The predicted molar refractivity (Wildman–Crippen MR) is 89.5 cm³/mol. The number of carbonyl (C=O) groups excluding carboxylic acids is 1. The minimum absolute atomic E-state index is 0.309. The summed E-state index contributed by atoms with van der Waals surface area (Å²) in [6, 6.07) is 11.8. The lowest BCUT2D eigenvalue weighted by molar-refractivity contribution is -0.119. The van der Waals surface area contributed by atoms with Crippen LogP contribution in [0.2, 0.25) is 0 Å². The molecule has 0 saturated carbocycles. The van der Waals surface area contributed by atoms with E-state index >= 15 is 0 Å². The molecule has 0 unspecified atom stereocenters. The highest BCUT2D eigenvalue weighted by Crippen LogP contribution is 2.18. The number of hydrogen-bond donors (Lipinski definition) is 1. The van der Waals surface area contributed by atoms with Crippen LogP contribution in [0.3, 0.4) is 0 Å². The van der Waals surface area contributed by atoms with Crippen LogP contribution in [0.4, 0.5) is 5.69 Å². The third-order valence-electron chi connectivity index (χ3n) is 3.01. The molecule has 1 N–H and O–H groups in total. The Labute approximate surface area is 139 Å². The van der Waals surface area contributed by atoms with Gasteiger partial charge in [0.15, 0.2) is 0 Å². The van der Waals surface area contributed by atoms with E-state index in [0.29, 0.717) is 17.8 Å². The van der Waals surface area contributed by atoms with Crippen molar-refractivity contribution in [2.75, 3.05) is 17.1 Å². The Balaban J connectivity index is 2.09. The highest BCUT2D eigenvalue weighted by molar-refractivity contribution is 7.92. The second kappa shape index (κ2) is 7.26. The second-order valence-corrected chi connectivity index (χ2v) is 7.72. The smallest absolute Gasteiger partial charge is 0.241 e. The molecule has 0 fully saturated rings. The number of hydrogen-bond acceptors (Lipinski definition) is 5. The van der Waals surface area contributed by atoms with E-state index in [2.05, 4.69) is 5.32 Å². The maximum absolute atomic E-state index is 12.0. The fourth-order valence-electron chi connectivity index (χ4n) is 1.89. The number of anilines is 1. The van der Waals surface area contributed by atoms with Crippen LogP contribution in [-0.4, -0.2) is 27.1 Å². The molecule has 1 amide bonds. The zero-order valence-electron chi connectivity index (χ0n) is 12.4. The van der Waals surface area contributed by atoms with Crippen LogP contribution in [0.5, 0.6) is 0 Å². The third kappa shape index (κ3) is 4.81. The molecule has 1 aromatic heterocycles. The van der Waals surface area contributed by atoms with E-state index in [1.54, 1.807) is 0 Å². The highest BCUT2D eigenvalue weighted by atomic mass is 32.2. The molecule has 0 bridgehead atoms. The Bertz CT molecular complexity index is 807. The normalized spacial score (nSPS) is 10.8. The summed E-state index contributed by atoms with van der Waals surface area (Å²) in [5, 5.41) is 13.4. The van der Waals surface area contributed by atoms with Gasteiger partial charge in [-0.25, -0.2) is 8.42 Å². The average Bonchev–Trinajstić information content (AvgIpc) is 3.03. The van der Waals surface area contributed by atoms with Gasteiger partial charge in [-0.15, -0.1) is 11.3 Å². The molecular weight excluding hydrogens is 334 g/mol. The molecule has 0 aliphatic carbocycles. The summed E-state index contributed by atoms with van der Waals surface area (Å²) in [6.45, 7) is 0.0532. The Hall–Kier alpha value is -2.37. The number of amides is 1. The van der Waals surface area contributed by atoms with Crippen LogP contribution in [-0.2, 0) is 21.4 Å². The molecular formula is C15H15N3O3S2. The topological polar surface area (TPSA) is 90.3 Å². The molecule has 0 saturated heterocycles. The van der Waals surface area contributed by atoms with Crippen molar-refractivity contribution >= 4 is 33.0 Å². The number of nitrogens with zero attached hydrogens (tertiary/aromatic N) is 2. The Morgan fingerprint density at radius 2 is 2.00 bits per heavy atom. The monoisotopic (exact) mass is 349 g/mol. The van der Waals surface area contributed by atoms with Crippen molar-refractivity contribution in [3.63, 3.8) is 0 Å². The maximum atomic E-state index is 12.0. The van der Waals surface area contributed by atoms with E-state index in [1.807, 2.05) is 23.6 Å². The summed E-state index contributed by atoms with van der Waals surface area (Å²) >= 11 is 1.51. The highest BCUT2D eigenvalue weighted by Gasteiger charge is 2.20. The van der Waals surface area contributed by atoms with E-state index in [9.17, 15) is 13.2 Å². The quantitative estimate of drug-likeness (QED) is 0.859. The van der Waals surface area contributed by atoms with E-state index in [0.717, 1.165) is 15.4 Å². The fourth-order valence-corrected chi connectivity index (χ4v) is 3.39. The number of carbonyl (C=O) groups is 1. The lowest BCUT2D eigenvalue weighted by atomic mass is 10.2. The summed E-state index contributed by atoms with van der Waals surface area (Å²) < 4.78 is 24.9. The van der Waals surface area contributed by atoms with Crippen molar-refractivity contribution in [2.45, 2.75) is 6.54 Å². The molecule has 8 heteroatoms. The SMILES string of the molecule is CS(=O)(=O)N(CC(=O)NCc1cccs1)c1ccc(C#N)cc1. The average molecular weight is 349 g/mol. The van der Waals surface area contributed by atoms with Gasteiger partial charge in [0.2, 0.25) is 15.9 Å². The van der Waals surface area contributed by atoms with Gasteiger partial charge >= 0.3 is 0 Å². The van der Waals surface area contributed by atoms with Crippen molar-refractivity contribution in [3.8, 4) is 6.07 Å². The lowest BCUT2D eigenvalue weighted by Crippen LogP contribution is -2.40. The summed E-state index contributed by atoms with van der Waals surface area (Å²) in [5.74, 6) is -0.395. The molecule has 0 atom stereocenters. The maximum Gasteiger partial charge on any atom is 0.241 e. The first-order valence-corrected chi connectivity index (χ1v) is 9.40. The van der Waals surface area contributed by atoms with Crippen LogP contribution in [0.15, 0.2) is 41.8 Å². The molecule has 0 spiro atoms. The zero-order valence-corrected chi connectivity index (χ0v) is 14.0. The molecule has 0 aliphatic heterocycles. The molecule has 2 aromatic rings. The Morgan fingerprint density at radius 1 is 1.30 bits per heavy atom. The van der Waals surface area contributed by atoms with Gasteiger partial charge < -0.3 is 5.32 Å². The fraction of sp³-hybridized carbons (Fsp3) is 0.200. The molecule has 23 heavy (non-hydrogen) atoms. The van der Waals surface area contributed by atoms with Crippen LogP contribution in [0.25, 0.3) is 0 Å². The Kier molecular flexibility index (Phi) is 5.36. The van der Waals surface area contributed by atoms with Crippen molar-refractivity contribution in [1.82, 2.24) is 5.32 Å². The van der Waals surface area contributed by atoms with Gasteiger partial charge in [0.25, 0.3) is 0 Å². The molecule has 1 aromatic carbocycles. The van der Waals surface area contributed by atoms with Gasteiger partial charge in [-0.3, -0.25) is 9.10 Å². The van der Waals surface area contributed by atoms with E-state index in [-0.39, 0.29) is 6.54 Å². The molecule has 120 valence electrons. The lowest BCUT2D eigenvalue weighted by Gasteiger charge is -2.21. The molecule has 0 aliphatic rings. The van der Waals surface area contributed by atoms with E-state index < -0.39 is 15.9 Å². The third-order valence-corrected chi connectivity index (χ3v) is 5.03. The molecule has 1 heterocycles. The van der Waals surface area contributed by atoms with E-state index in [4.69, 9.17) is 5.26 Å². The van der Waals surface area contributed by atoms with Crippen LogP contribution < -0.4 is 9.62 Å². The molecule has 6 nitrogen and oxygen atoms in total. The number of thiophene rings is 1. The van der Waals surface area contributed by atoms with Crippen molar-refractivity contribution in [3.05, 3.63) is 52.2 Å². The number of nitrogens with one attached hydrogen (secondary N) is 1. The van der Waals surface area contributed by atoms with Crippen LogP contribution in [0.1, 0.15) is 10.4 Å². The largest absolute Gasteiger partial charge is 0.350 e. The van der Waals surface area contributed by atoms with E-state index in [1.165, 1.54) is 35.6 Å². The van der Waals surface area contributed by atoms with Crippen molar-refractivity contribution in [2.24, 2.45) is 0 Å². The van der Waals surface area contributed by atoms with Crippen molar-refractivity contribution in [1.29, 1.82) is 5.26 Å². The zero-order chi connectivity index (χ0) is 16.9. The number of sulfonamides is 1. The van der Waals surface area contributed by atoms with Gasteiger partial charge in [-0.1, -0.05) is 6.07 Å². The summed E-state index contributed by atoms with van der Waals surface area (Å²) in [5.41, 5.74) is 0.766. The van der Waals surface area contributed by atoms with Gasteiger partial charge in [-0.2, -0.15) is 5.26 Å². The van der Waals surface area contributed by atoms with Gasteiger partial charge in [0, 0.05) is 4.88 Å². The van der Waals surface area contributed by atoms with Gasteiger partial charge in [-0.05, 0) is 35.7 Å². The van der Waals surface area contributed by atoms with Crippen LogP contribution in [0, 0.1) is 11.3 Å². The number of nitriles is 1. The minimum Gasteiger partial charge on any atom is -0.350 e. The summed E-state index contributed by atoms with van der Waals surface area (Å²) in [7, 11) is -3.61. The number of rotatable bonds is 6. The molecule has 0 radical (unpaired) electrons. The Morgan fingerprint density at radius 3 is 2.52 bits per heavy atom. The van der Waals surface area contributed by atoms with Gasteiger partial charge in [0.05, 0.1) is 30.1 Å². The predicted octanol–water partition coefficient (Wildman–Crippen LogP) is 1.70. The number of benzene rings is 1. The van der Waals surface area contributed by atoms with Crippen LogP contribution >= 0.6 is 11.3 Å². The standard InChI is InChI=1S/C15H15N3O3S2/c1-23(20,21)18(13-6-4-12(9-16)5-7-13)11-15(19)17-10-14-3-2-8-22-14/h2-8H,10-11H2,1H3,(H,17,19). The first-order valence-electron chi connectivity index (χ1n) is 6.67. The minimum atomic E-state index is -3.61. The first kappa shape index (κ1) is 17.0. The second-order valence-electron chi connectivity index (χ2n) is 4.78. The molecule has 2 rings (SSSR count). The van der Waals surface area contributed by atoms with Crippen molar-refractivity contribution < 1.29 is 13.2 Å². The summed E-state index contributed by atoms with van der Waals surface area (Å²) in [4.78, 5) is 13.0.